The average Bonchev–Trinajstić information content (AvgIpc) is 2.79. The summed E-state index contributed by atoms with van der Waals surface area (Å²) in [7, 11) is 1.60. The summed E-state index contributed by atoms with van der Waals surface area (Å²) in [6, 6.07) is 1.95. The van der Waals surface area contributed by atoms with Crippen molar-refractivity contribution in [1.82, 2.24) is 19.6 Å². The lowest BCUT2D eigenvalue weighted by molar-refractivity contribution is 0.496. The Morgan fingerprint density at radius 1 is 1.33 bits per heavy atom. The van der Waals surface area contributed by atoms with E-state index in [9.17, 15) is 4.39 Å². The van der Waals surface area contributed by atoms with Crippen molar-refractivity contribution < 1.29 is 4.39 Å². The van der Waals surface area contributed by atoms with Gasteiger partial charge in [0, 0.05) is 31.8 Å². The number of aryl methyl sites for hydroxylation is 4. The van der Waals surface area contributed by atoms with Crippen LogP contribution >= 0.6 is 0 Å². The zero-order chi connectivity index (χ0) is 13.3. The fourth-order valence-corrected chi connectivity index (χ4v) is 1.98. The maximum atomic E-state index is 13.8. The summed E-state index contributed by atoms with van der Waals surface area (Å²) in [5.74, 6) is 0.608. The van der Waals surface area contributed by atoms with Gasteiger partial charge in [-0.25, -0.2) is 9.36 Å². The highest BCUT2D eigenvalue weighted by Gasteiger charge is 2.13. The van der Waals surface area contributed by atoms with Crippen molar-refractivity contribution in [1.29, 1.82) is 0 Å². The maximum absolute atomic E-state index is 13.8. The summed E-state index contributed by atoms with van der Waals surface area (Å²) in [5.41, 5.74) is 2.25. The van der Waals surface area contributed by atoms with E-state index < -0.39 is 0 Å². The molecular formula is C12H18FN5. The van der Waals surface area contributed by atoms with E-state index in [1.807, 2.05) is 31.5 Å². The van der Waals surface area contributed by atoms with Gasteiger partial charge in [0.1, 0.15) is 5.82 Å². The monoisotopic (exact) mass is 251 g/mol. The number of hydrogen-bond acceptors (Lipinski definition) is 3. The second-order valence-corrected chi connectivity index (χ2v) is 4.32. The molecule has 5 nitrogen and oxygen atoms in total. The zero-order valence-electron chi connectivity index (χ0n) is 11.2. The minimum absolute atomic E-state index is 0.292. The fraction of sp³-hybridized carbons (Fsp3) is 0.500. The molecule has 0 atom stereocenters. The van der Waals surface area contributed by atoms with Crippen LogP contribution in [0, 0.1) is 19.8 Å². The third kappa shape index (κ3) is 2.23. The first-order valence-corrected chi connectivity index (χ1v) is 5.99. The van der Waals surface area contributed by atoms with E-state index in [0.717, 1.165) is 18.1 Å². The number of aromatic nitrogens is 4. The lowest BCUT2D eigenvalue weighted by atomic mass is 10.2. The first-order valence-electron chi connectivity index (χ1n) is 5.99. The van der Waals surface area contributed by atoms with Gasteiger partial charge in [-0.15, -0.1) is 0 Å². The first kappa shape index (κ1) is 12.6. The van der Waals surface area contributed by atoms with Crippen LogP contribution in [0.25, 0.3) is 0 Å². The van der Waals surface area contributed by atoms with Crippen LogP contribution in [0.1, 0.15) is 23.9 Å². The summed E-state index contributed by atoms with van der Waals surface area (Å²) in [6.07, 6.45) is 0. The summed E-state index contributed by atoms with van der Waals surface area (Å²) < 4.78 is 16.9. The van der Waals surface area contributed by atoms with Crippen LogP contribution in [0.5, 0.6) is 0 Å². The molecule has 2 rings (SSSR count). The van der Waals surface area contributed by atoms with Crippen LogP contribution < -0.4 is 5.32 Å². The van der Waals surface area contributed by atoms with E-state index in [1.54, 1.807) is 7.05 Å². The van der Waals surface area contributed by atoms with Crippen molar-refractivity contribution >= 4 is 5.82 Å². The highest BCUT2D eigenvalue weighted by atomic mass is 19.1. The summed E-state index contributed by atoms with van der Waals surface area (Å²) >= 11 is 0. The third-order valence-corrected chi connectivity index (χ3v) is 2.92. The van der Waals surface area contributed by atoms with Gasteiger partial charge in [0.2, 0.25) is 5.95 Å². The molecule has 0 spiro atoms. The predicted molar refractivity (Wildman–Crippen MR) is 67.9 cm³/mol. The van der Waals surface area contributed by atoms with E-state index in [1.165, 1.54) is 4.68 Å². The van der Waals surface area contributed by atoms with Gasteiger partial charge in [-0.05, 0) is 20.8 Å². The first-order chi connectivity index (χ1) is 8.52. The molecule has 2 aromatic rings. The molecule has 2 aromatic heterocycles. The molecule has 0 fully saturated rings. The van der Waals surface area contributed by atoms with Crippen LogP contribution in [-0.2, 0) is 20.1 Å². The highest BCUT2D eigenvalue weighted by molar-refractivity contribution is 5.38. The molecular weight excluding hydrogens is 233 g/mol. The van der Waals surface area contributed by atoms with Gasteiger partial charge in [-0.1, -0.05) is 0 Å². The van der Waals surface area contributed by atoms with E-state index in [0.29, 0.717) is 17.8 Å². The van der Waals surface area contributed by atoms with Gasteiger partial charge < -0.3 is 5.32 Å². The second kappa shape index (κ2) is 4.80. The van der Waals surface area contributed by atoms with Gasteiger partial charge in [0.25, 0.3) is 0 Å². The number of anilines is 1. The number of nitrogens with zero attached hydrogens (tertiary/aromatic N) is 4. The van der Waals surface area contributed by atoms with Crippen molar-refractivity contribution in [2.24, 2.45) is 7.05 Å². The summed E-state index contributed by atoms with van der Waals surface area (Å²) in [6.45, 7) is 6.96. The molecule has 0 amide bonds. The predicted octanol–water partition coefficient (Wildman–Crippen LogP) is 2.00. The smallest absolute Gasteiger partial charge is 0.216 e. The van der Waals surface area contributed by atoms with Gasteiger partial charge in [0.05, 0.1) is 11.4 Å². The third-order valence-electron chi connectivity index (χ3n) is 2.92. The SMILES string of the molecule is CCn1nc(C)cc1NCc1c(C)nn(C)c1F. The van der Waals surface area contributed by atoms with Crippen LogP contribution in [-0.4, -0.2) is 19.6 Å². The van der Waals surface area contributed by atoms with Crippen molar-refractivity contribution in [2.45, 2.75) is 33.9 Å². The minimum atomic E-state index is -0.292. The molecule has 0 bridgehead atoms. The van der Waals surface area contributed by atoms with Crippen molar-refractivity contribution in [2.75, 3.05) is 5.32 Å². The Labute approximate surface area is 106 Å². The number of halogens is 1. The maximum Gasteiger partial charge on any atom is 0.216 e. The van der Waals surface area contributed by atoms with Gasteiger partial charge >= 0.3 is 0 Å². The topological polar surface area (TPSA) is 47.7 Å². The molecule has 0 unspecified atom stereocenters. The van der Waals surface area contributed by atoms with Gasteiger partial charge in [-0.3, -0.25) is 0 Å². The second-order valence-electron chi connectivity index (χ2n) is 4.32. The Bertz CT molecular complexity index is 555. The quantitative estimate of drug-likeness (QED) is 0.904. The number of hydrogen-bond donors (Lipinski definition) is 1. The largest absolute Gasteiger partial charge is 0.366 e. The molecule has 98 valence electrons. The number of nitrogens with one attached hydrogen (secondary N) is 1. The Morgan fingerprint density at radius 2 is 2.06 bits per heavy atom. The minimum Gasteiger partial charge on any atom is -0.366 e. The molecule has 0 aliphatic carbocycles. The fourth-order valence-electron chi connectivity index (χ4n) is 1.98. The zero-order valence-corrected chi connectivity index (χ0v) is 11.2. The van der Waals surface area contributed by atoms with Crippen LogP contribution in [0.4, 0.5) is 10.2 Å². The Hall–Kier alpha value is -1.85. The van der Waals surface area contributed by atoms with Gasteiger partial charge in [-0.2, -0.15) is 14.6 Å². The molecule has 0 aromatic carbocycles. The van der Waals surface area contributed by atoms with Crippen molar-refractivity contribution in [3.63, 3.8) is 0 Å². The number of rotatable bonds is 4. The molecule has 1 N–H and O–H groups in total. The Morgan fingerprint density at radius 3 is 2.61 bits per heavy atom. The molecule has 2 heterocycles. The van der Waals surface area contributed by atoms with E-state index in [4.69, 9.17) is 0 Å². The molecule has 0 aliphatic heterocycles. The molecule has 0 saturated heterocycles. The van der Waals surface area contributed by atoms with E-state index >= 15 is 0 Å². The summed E-state index contributed by atoms with van der Waals surface area (Å²) in [5, 5.41) is 11.6. The Balaban J connectivity index is 2.16. The van der Waals surface area contributed by atoms with E-state index in [-0.39, 0.29) is 5.95 Å². The molecule has 0 radical (unpaired) electrons. The van der Waals surface area contributed by atoms with Crippen molar-refractivity contribution in [3.05, 3.63) is 29.0 Å². The average molecular weight is 251 g/mol. The lowest BCUT2D eigenvalue weighted by Gasteiger charge is -2.07. The molecule has 0 aliphatic rings. The summed E-state index contributed by atoms with van der Waals surface area (Å²) in [4.78, 5) is 0. The van der Waals surface area contributed by atoms with Crippen molar-refractivity contribution in [3.8, 4) is 0 Å². The Kier molecular flexibility index (Phi) is 3.36. The highest BCUT2D eigenvalue weighted by Crippen LogP contribution is 2.15. The standard InChI is InChI=1S/C12H18FN5/c1-5-18-11(6-8(2)15-18)14-7-10-9(3)16-17(4)12(10)13/h6,14H,5,7H2,1-4H3. The van der Waals surface area contributed by atoms with Crippen LogP contribution in [0.2, 0.25) is 0 Å². The van der Waals surface area contributed by atoms with Gasteiger partial charge in [0.15, 0.2) is 0 Å². The lowest BCUT2D eigenvalue weighted by Crippen LogP contribution is -2.08. The normalized spacial score (nSPS) is 10.9. The molecule has 0 saturated carbocycles. The molecule has 6 heteroatoms. The van der Waals surface area contributed by atoms with E-state index in [2.05, 4.69) is 15.5 Å². The molecule has 18 heavy (non-hydrogen) atoms. The van der Waals surface area contributed by atoms with Crippen LogP contribution in [0.3, 0.4) is 0 Å². The van der Waals surface area contributed by atoms with Crippen LogP contribution in [0.15, 0.2) is 6.07 Å².